The fourth-order valence-electron chi connectivity index (χ4n) is 5.46. The van der Waals surface area contributed by atoms with E-state index in [-0.39, 0.29) is 57.3 Å². The first-order chi connectivity index (χ1) is 39.8. The largest absolute Gasteiger partial charge is 1.00 e. The molecule has 0 radical (unpaired) electrons. The number of alkyl halides is 6. The molecule has 12 nitrogen and oxygen atoms in total. The van der Waals surface area contributed by atoms with E-state index < -0.39 is 65.8 Å². The summed E-state index contributed by atoms with van der Waals surface area (Å²) in [6.07, 6.45) is 9.84. The fourth-order valence-corrected chi connectivity index (χ4v) is 6.25. The van der Waals surface area contributed by atoms with Gasteiger partial charge in [-0.1, -0.05) is 99.2 Å². The van der Waals surface area contributed by atoms with E-state index in [1.807, 2.05) is 30.3 Å². The Kier molecular flexibility index (Phi) is 40.4. The van der Waals surface area contributed by atoms with E-state index in [9.17, 15) is 36.6 Å². The molecule has 0 unspecified atom stereocenters. The maximum absolute atomic E-state index is 13.8. The van der Waals surface area contributed by atoms with Crippen LogP contribution in [0.1, 0.15) is 111 Å². The molecule has 0 saturated heterocycles. The number of carbonyl (C=O) groups is 2. The first-order valence-electron chi connectivity index (χ1n) is 23.6. The van der Waals surface area contributed by atoms with Crippen molar-refractivity contribution in [3.8, 4) is 90.0 Å². The molecule has 0 fully saturated rings. The summed E-state index contributed by atoms with van der Waals surface area (Å²) in [5.41, 5.74) is 4.50. The van der Waals surface area contributed by atoms with Gasteiger partial charge in [-0.3, -0.25) is 14.7 Å². The van der Waals surface area contributed by atoms with Crippen molar-refractivity contribution in [2.45, 2.75) is 88.0 Å². The quantitative estimate of drug-likeness (QED) is 0.0492. The molecule has 0 aliphatic heterocycles. The van der Waals surface area contributed by atoms with Gasteiger partial charge in [-0.05, 0) is 190 Å². The minimum Gasteiger partial charge on any atom is -0.870 e. The molecule has 26 heteroatoms. The van der Waals surface area contributed by atoms with E-state index in [4.69, 9.17) is 125 Å². The van der Waals surface area contributed by atoms with Crippen molar-refractivity contribution in [3.05, 3.63) is 178 Å². The molecule has 0 spiro atoms. The molecule has 0 bridgehead atoms. The van der Waals surface area contributed by atoms with E-state index in [2.05, 4.69) is 61.6 Å². The molecule has 1 heterocycles. The number of aryl methyl sites for hydroxylation is 5. The minimum absolute atomic E-state index is 0. The summed E-state index contributed by atoms with van der Waals surface area (Å²) in [6, 6.07) is 24.4. The minimum atomic E-state index is -1.25. The van der Waals surface area contributed by atoms with Crippen molar-refractivity contribution in [1.82, 2.24) is 10.2 Å². The third kappa shape index (κ3) is 31.5. The fraction of sp³-hybridized carbons (Fsp3) is 0.226. The third-order valence-corrected chi connectivity index (χ3v) is 12.2. The summed E-state index contributed by atoms with van der Waals surface area (Å²) in [5, 5.41) is 67.1. The predicted molar refractivity (Wildman–Crippen MR) is 331 cm³/mol. The number of nitrogens with one attached hydrogen (secondary N) is 1. The monoisotopic (exact) mass is 1410 g/mol. The van der Waals surface area contributed by atoms with Gasteiger partial charge in [0.15, 0.2) is 9.67 Å². The molecular formula is C62H47BrCl7F5N7NaO5. The zero-order valence-electron chi connectivity index (χ0n) is 48.0. The summed E-state index contributed by atoms with van der Waals surface area (Å²) in [7, 11) is 0. The van der Waals surface area contributed by atoms with Gasteiger partial charge in [0.2, 0.25) is 5.78 Å². The number of rotatable bonds is 4. The molecular weight excluding hydrogens is 1370 g/mol. The first-order valence-corrected chi connectivity index (χ1v) is 27.4. The first kappa shape index (κ1) is 85.6. The van der Waals surface area contributed by atoms with Crippen LogP contribution in [0.3, 0.4) is 0 Å². The van der Waals surface area contributed by atoms with Crippen LogP contribution < -0.4 is 29.6 Å². The van der Waals surface area contributed by atoms with E-state index in [0.717, 1.165) is 23.8 Å². The number of halogens is 13. The third-order valence-electron chi connectivity index (χ3n) is 9.94. The average Bonchev–Trinajstić information content (AvgIpc) is 3.89. The van der Waals surface area contributed by atoms with E-state index in [1.54, 1.807) is 66.7 Å². The number of aromatic amines is 1. The molecule has 0 atom stereocenters. The Hall–Kier alpha value is -6.62. The van der Waals surface area contributed by atoms with E-state index in [0.29, 0.717) is 65.9 Å². The molecule has 4 N–H and O–H groups in total. The molecule has 0 amide bonds. The molecule has 0 saturated carbocycles. The van der Waals surface area contributed by atoms with Gasteiger partial charge in [0, 0.05) is 5.56 Å². The molecule has 5 aromatic carbocycles. The summed E-state index contributed by atoms with van der Waals surface area (Å²) >= 11 is 39.5. The van der Waals surface area contributed by atoms with Crippen molar-refractivity contribution in [2.24, 2.45) is 0 Å². The van der Waals surface area contributed by atoms with E-state index in [1.165, 1.54) is 44.2 Å². The van der Waals surface area contributed by atoms with Crippen LogP contribution in [0.2, 0.25) is 0 Å². The maximum atomic E-state index is 13.8. The Labute approximate surface area is 572 Å². The van der Waals surface area contributed by atoms with Crippen LogP contribution in [-0.2, 0) is 9.59 Å². The second-order valence-corrected chi connectivity index (χ2v) is 22.4. The van der Waals surface area contributed by atoms with Crippen molar-refractivity contribution in [3.63, 3.8) is 0 Å². The number of nitriles is 5. The van der Waals surface area contributed by atoms with Gasteiger partial charge in [0.1, 0.15) is 45.1 Å². The number of ketones is 1. The Morgan fingerprint density at radius 3 is 1.23 bits per heavy atom. The van der Waals surface area contributed by atoms with Gasteiger partial charge in [-0.2, -0.15) is 31.4 Å². The van der Waals surface area contributed by atoms with Crippen LogP contribution in [0, 0.1) is 169 Å². The standard InChI is InChI=1S/C13H12FNO.C12H8Cl2FN3.C12H6Cl2FNO.C10H6FN.C8H5BrFN.C5H8O.C2HCl3O.Na.H2O/c1-9-6-10(4-5-13(2,3)16)12(14)7-11(9)8-15;1-6-2-8(9(15)3-7(6)5-16)10-4-11(12(13)14)18-17-10;1-7-4-8(2-3-11(17)12(13)14)10(15)5-9(7)6-16;1-3-8-4-7(2)9(6-12)5-10(8)11;1-5-2-7(9)8(10)3-6(5)4-11;1-4-5(2,3)6;3-1(4)2(5)6;;/h6-7,16H,1-3H3;2-4,12H,1H3,(H,17,18);4-5,12H,1H3;1,4-5H,2H3;2-3H,1H3;1,6H,2-3H3;1H;;1H2/q;;;;;;;+1;/p-1. The van der Waals surface area contributed by atoms with Crippen LogP contribution in [0.15, 0.2) is 71.2 Å². The number of hydrogen-bond donors (Lipinski definition) is 3. The van der Waals surface area contributed by atoms with Gasteiger partial charge < -0.3 is 15.7 Å². The number of benzene rings is 5. The van der Waals surface area contributed by atoms with Crippen LogP contribution >= 0.6 is 97.1 Å². The van der Waals surface area contributed by atoms with Crippen LogP contribution in [0.5, 0.6) is 0 Å². The number of nitrogens with zero attached hydrogens (tertiary/aromatic N) is 6. The van der Waals surface area contributed by atoms with E-state index >= 15 is 0 Å². The molecule has 0 aliphatic carbocycles. The Morgan fingerprint density at radius 2 is 0.898 bits per heavy atom. The number of H-pyrrole nitrogens is 1. The van der Waals surface area contributed by atoms with Gasteiger partial charge in [0.05, 0.1) is 90.7 Å². The van der Waals surface area contributed by atoms with Crippen molar-refractivity contribution >= 4 is 108 Å². The van der Waals surface area contributed by atoms with Crippen molar-refractivity contribution < 1.29 is 76.8 Å². The van der Waals surface area contributed by atoms with Gasteiger partial charge in [0.25, 0.3) is 5.24 Å². The Balaban J connectivity index is -0.000000982. The van der Waals surface area contributed by atoms with Crippen LogP contribution in [-0.4, -0.2) is 57.8 Å². The second kappa shape index (κ2) is 41.6. The topological polar surface area (TPSA) is 252 Å². The van der Waals surface area contributed by atoms with Crippen molar-refractivity contribution in [1.29, 1.82) is 26.3 Å². The maximum Gasteiger partial charge on any atom is 1.00 e. The number of terminal acetylenes is 2. The molecule has 6 rings (SSSR count). The molecule has 1 aromatic heterocycles. The number of aromatic nitrogens is 2. The Morgan fingerprint density at radius 1 is 0.557 bits per heavy atom. The molecule has 6 aromatic rings. The average molecular weight is 1420 g/mol. The molecule has 88 heavy (non-hydrogen) atoms. The normalized spacial score (nSPS) is 9.55. The Bertz CT molecular complexity index is 3860. The second-order valence-electron chi connectivity index (χ2n) is 17.9. The smallest absolute Gasteiger partial charge is 0.870 e. The number of Topliss-reactive ketones (excluding diaryl/α,β-unsaturated/α-hetero) is 1. The van der Waals surface area contributed by atoms with Gasteiger partial charge in [-0.25, -0.2) is 22.0 Å². The zero-order chi connectivity index (χ0) is 66.6. The molecule has 452 valence electrons. The van der Waals surface area contributed by atoms with Gasteiger partial charge >= 0.3 is 29.6 Å². The summed E-state index contributed by atoms with van der Waals surface area (Å²) in [4.78, 5) is 17.6. The summed E-state index contributed by atoms with van der Waals surface area (Å²) in [5.74, 6) is 10.6. The van der Waals surface area contributed by atoms with Gasteiger partial charge in [-0.15, -0.1) is 12.8 Å². The SMILES string of the molecule is C#CC(C)(C)O.C#Cc1cc(C)c(C#N)cc1F.Cc1cc(-c2cc(C(Cl)Cl)[nH]n2)c(F)cc1C#N.Cc1cc(Br)c(F)cc1C#N.Cc1cc(C#CC(=O)C(Cl)Cl)c(F)cc1C#N.Cc1cc(C#CC(C)(C)O)c(F)cc1C#N.O=C(Cl)C(Cl)Cl.[Na+].[OH-]. The summed E-state index contributed by atoms with van der Waals surface area (Å²) < 4.78 is 66.8. The van der Waals surface area contributed by atoms with Crippen LogP contribution in [0.25, 0.3) is 11.3 Å². The number of aliphatic hydroxyl groups is 2. The van der Waals surface area contributed by atoms with Crippen molar-refractivity contribution in [2.75, 3.05) is 0 Å². The number of carbonyl (C=O) groups excluding carboxylic acids is 2. The number of hydrogen-bond acceptors (Lipinski definition) is 11. The van der Waals surface area contributed by atoms with Crippen LogP contribution in [0.4, 0.5) is 22.0 Å². The zero-order valence-corrected chi connectivity index (χ0v) is 56.9. The predicted octanol–water partition coefficient (Wildman–Crippen LogP) is 12.3. The molecule has 0 aliphatic rings. The summed E-state index contributed by atoms with van der Waals surface area (Å²) in [6.45, 7) is 14.8.